The van der Waals surface area contributed by atoms with E-state index in [-0.39, 0.29) is 22.1 Å². The molecular weight excluding hydrogens is 267 g/mol. The third-order valence-electron chi connectivity index (χ3n) is 2.28. The average molecular weight is 274 g/mol. The molecule has 7 heteroatoms. The van der Waals surface area contributed by atoms with Gasteiger partial charge in [-0.05, 0) is 12.1 Å². The minimum Gasteiger partial charge on any atom is -0.396 e. The van der Waals surface area contributed by atoms with Crippen molar-refractivity contribution in [3.05, 3.63) is 41.0 Å². The van der Waals surface area contributed by atoms with Crippen molar-refractivity contribution in [3.63, 3.8) is 0 Å². The van der Waals surface area contributed by atoms with Gasteiger partial charge in [-0.1, -0.05) is 29.8 Å². The van der Waals surface area contributed by atoms with Gasteiger partial charge in [0.1, 0.15) is 0 Å². The van der Waals surface area contributed by atoms with Crippen LogP contribution < -0.4 is 5.73 Å². The summed E-state index contributed by atoms with van der Waals surface area (Å²) in [5.41, 5.74) is 4.74. The van der Waals surface area contributed by atoms with Gasteiger partial charge < -0.3 is 5.73 Å². The molecule has 0 saturated carbocycles. The van der Waals surface area contributed by atoms with E-state index >= 15 is 0 Å². The Morgan fingerprint density at radius 3 is 2.39 bits per heavy atom. The van der Waals surface area contributed by atoms with Crippen LogP contribution in [0.3, 0.4) is 0 Å². The average Bonchev–Trinajstić information content (AvgIpc) is 2.32. The number of hydrogen-bond donors (Lipinski definition) is 1. The van der Waals surface area contributed by atoms with Crippen molar-refractivity contribution in [2.24, 2.45) is 0 Å². The Morgan fingerprint density at radius 1 is 1.11 bits per heavy atom. The molecule has 0 aliphatic carbocycles. The second-order valence-electron chi connectivity index (χ2n) is 3.52. The Balaban J connectivity index is 2.61. The van der Waals surface area contributed by atoms with Gasteiger partial charge in [0, 0.05) is 5.56 Å². The maximum absolute atomic E-state index is 12.8. The summed E-state index contributed by atoms with van der Waals surface area (Å²) in [5, 5.41) is 7.08. The number of hydrogen-bond acceptors (Lipinski definition) is 3. The highest BCUT2D eigenvalue weighted by Crippen LogP contribution is 2.36. The fourth-order valence-corrected chi connectivity index (χ4v) is 1.57. The number of alkyl halides is 3. The smallest absolute Gasteiger partial charge is 0.396 e. The van der Waals surface area contributed by atoms with Gasteiger partial charge in [-0.2, -0.15) is 13.2 Å². The molecule has 18 heavy (non-hydrogen) atoms. The van der Waals surface area contributed by atoms with Crippen LogP contribution in [0.5, 0.6) is 0 Å². The van der Waals surface area contributed by atoms with Crippen molar-refractivity contribution in [2.75, 3.05) is 5.73 Å². The molecule has 0 unspecified atom stereocenters. The van der Waals surface area contributed by atoms with E-state index in [9.17, 15) is 13.2 Å². The number of rotatable bonds is 1. The number of nitrogen functional groups attached to an aromatic ring is 1. The van der Waals surface area contributed by atoms with Gasteiger partial charge >= 0.3 is 6.18 Å². The molecular formula is C11H7ClF3N3. The Kier molecular flexibility index (Phi) is 3.13. The fraction of sp³-hybridized carbons (Fsp3) is 0.0909. The SMILES string of the molecule is Nc1cc(-c2ccccc2C(F)(F)F)nnc1Cl. The molecule has 0 spiro atoms. The first-order valence-electron chi connectivity index (χ1n) is 4.85. The number of halogens is 4. The first-order valence-corrected chi connectivity index (χ1v) is 5.22. The van der Waals surface area contributed by atoms with Gasteiger partial charge in [-0.3, -0.25) is 0 Å². The number of benzene rings is 1. The van der Waals surface area contributed by atoms with Crippen LogP contribution in [0.15, 0.2) is 30.3 Å². The molecule has 94 valence electrons. The topological polar surface area (TPSA) is 51.8 Å². The number of nitrogens with two attached hydrogens (primary N) is 1. The lowest BCUT2D eigenvalue weighted by Gasteiger charge is -2.12. The van der Waals surface area contributed by atoms with E-state index in [0.717, 1.165) is 6.07 Å². The first kappa shape index (κ1) is 12.6. The summed E-state index contributed by atoms with van der Waals surface area (Å²) in [4.78, 5) is 0. The highest BCUT2D eigenvalue weighted by atomic mass is 35.5. The van der Waals surface area contributed by atoms with Gasteiger partial charge in [0.15, 0.2) is 5.15 Å². The highest BCUT2D eigenvalue weighted by molar-refractivity contribution is 6.31. The van der Waals surface area contributed by atoms with Crippen LogP contribution in [0.2, 0.25) is 5.15 Å². The number of nitrogens with zero attached hydrogens (tertiary/aromatic N) is 2. The molecule has 1 aromatic heterocycles. The Bertz CT molecular complexity index is 584. The molecule has 0 saturated heterocycles. The van der Waals surface area contributed by atoms with Gasteiger partial charge in [0.2, 0.25) is 0 Å². The van der Waals surface area contributed by atoms with E-state index in [1.54, 1.807) is 0 Å². The van der Waals surface area contributed by atoms with Crippen LogP contribution in [-0.4, -0.2) is 10.2 Å². The molecule has 0 atom stereocenters. The Labute approximate surface area is 105 Å². The van der Waals surface area contributed by atoms with Crippen LogP contribution in [-0.2, 0) is 6.18 Å². The highest BCUT2D eigenvalue weighted by Gasteiger charge is 2.33. The lowest BCUT2D eigenvalue weighted by Crippen LogP contribution is -2.07. The predicted molar refractivity (Wildman–Crippen MR) is 61.9 cm³/mol. The third kappa shape index (κ3) is 2.38. The summed E-state index contributed by atoms with van der Waals surface area (Å²) in [6.45, 7) is 0. The second kappa shape index (κ2) is 4.45. The summed E-state index contributed by atoms with van der Waals surface area (Å²) < 4.78 is 38.4. The fourth-order valence-electron chi connectivity index (χ4n) is 1.48. The zero-order valence-corrected chi connectivity index (χ0v) is 9.63. The maximum atomic E-state index is 12.8. The molecule has 0 fully saturated rings. The van der Waals surface area contributed by atoms with Crippen molar-refractivity contribution in [3.8, 4) is 11.3 Å². The van der Waals surface area contributed by atoms with Crippen molar-refractivity contribution < 1.29 is 13.2 Å². The summed E-state index contributed by atoms with van der Waals surface area (Å²) in [5.74, 6) is 0. The predicted octanol–water partition coefficient (Wildman–Crippen LogP) is 3.40. The maximum Gasteiger partial charge on any atom is 0.417 e. The molecule has 0 radical (unpaired) electrons. The van der Waals surface area contributed by atoms with Crippen molar-refractivity contribution in [2.45, 2.75) is 6.18 Å². The van der Waals surface area contributed by atoms with E-state index in [1.165, 1.54) is 24.3 Å². The lowest BCUT2D eigenvalue weighted by molar-refractivity contribution is -0.137. The molecule has 2 rings (SSSR count). The Morgan fingerprint density at radius 2 is 1.78 bits per heavy atom. The number of aromatic nitrogens is 2. The van der Waals surface area contributed by atoms with Gasteiger partial charge in [0.25, 0.3) is 0 Å². The van der Waals surface area contributed by atoms with Gasteiger partial charge in [0.05, 0.1) is 16.9 Å². The Hall–Kier alpha value is -1.82. The molecule has 1 heterocycles. The standard InChI is InChI=1S/C11H7ClF3N3/c12-10-8(16)5-9(17-18-10)6-3-1-2-4-7(6)11(13,14)15/h1-5H,(H2,16,17). The van der Waals surface area contributed by atoms with Crippen LogP contribution in [0.25, 0.3) is 11.3 Å². The molecule has 0 amide bonds. The van der Waals surface area contributed by atoms with Crippen LogP contribution >= 0.6 is 11.6 Å². The molecule has 0 aliphatic rings. The van der Waals surface area contributed by atoms with Crippen LogP contribution in [0.1, 0.15) is 5.56 Å². The van der Waals surface area contributed by atoms with E-state index in [1.807, 2.05) is 0 Å². The molecule has 3 nitrogen and oxygen atoms in total. The van der Waals surface area contributed by atoms with Crippen molar-refractivity contribution >= 4 is 17.3 Å². The summed E-state index contributed by atoms with van der Waals surface area (Å²) in [6.07, 6.45) is -4.47. The number of anilines is 1. The van der Waals surface area contributed by atoms with E-state index in [0.29, 0.717) is 0 Å². The third-order valence-corrected chi connectivity index (χ3v) is 2.58. The monoisotopic (exact) mass is 273 g/mol. The molecule has 2 N–H and O–H groups in total. The quantitative estimate of drug-likeness (QED) is 0.866. The normalized spacial score (nSPS) is 11.6. The van der Waals surface area contributed by atoms with Crippen LogP contribution in [0.4, 0.5) is 18.9 Å². The van der Waals surface area contributed by atoms with Gasteiger partial charge in [-0.15, -0.1) is 10.2 Å². The van der Waals surface area contributed by atoms with E-state index in [2.05, 4.69) is 10.2 Å². The first-order chi connectivity index (χ1) is 8.39. The minimum atomic E-state index is -4.47. The molecule has 1 aromatic carbocycles. The summed E-state index contributed by atoms with van der Waals surface area (Å²) in [7, 11) is 0. The van der Waals surface area contributed by atoms with Crippen LogP contribution in [0, 0.1) is 0 Å². The molecule has 0 bridgehead atoms. The minimum absolute atomic E-state index is 0.0322. The summed E-state index contributed by atoms with van der Waals surface area (Å²) >= 11 is 5.58. The van der Waals surface area contributed by atoms with E-state index in [4.69, 9.17) is 17.3 Å². The van der Waals surface area contributed by atoms with Crippen molar-refractivity contribution in [1.29, 1.82) is 0 Å². The van der Waals surface area contributed by atoms with Crippen molar-refractivity contribution in [1.82, 2.24) is 10.2 Å². The zero-order chi connectivity index (χ0) is 13.3. The zero-order valence-electron chi connectivity index (χ0n) is 8.87. The molecule has 2 aromatic rings. The second-order valence-corrected chi connectivity index (χ2v) is 3.88. The molecule has 0 aliphatic heterocycles. The van der Waals surface area contributed by atoms with E-state index < -0.39 is 11.7 Å². The largest absolute Gasteiger partial charge is 0.417 e. The summed E-state index contributed by atoms with van der Waals surface area (Å²) in [6, 6.07) is 6.33. The lowest BCUT2D eigenvalue weighted by atomic mass is 10.0. The van der Waals surface area contributed by atoms with Gasteiger partial charge in [-0.25, -0.2) is 0 Å².